The van der Waals surface area contributed by atoms with E-state index in [2.05, 4.69) is 6.92 Å². The molecule has 0 bridgehead atoms. The number of hydrogen-bond donors (Lipinski definition) is 0. The Balaban J connectivity index is 2.50. The maximum absolute atomic E-state index is 11.6. The molecule has 0 saturated heterocycles. The first kappa shape index (κ1) is 10.0. The molecule has 0 heterocycles. The second kappa shape index (κ2) is 3.78. The third kappa shape index (κ3) is 2.21. The molecule has 2 unspecified atom stereocenters. The smallest absolute Gasteiger partial charge is 0.239 e. The summed E-state index contributed by atoms with van der Waals surface area (Å²) in [5.41, 5.74) is 0. The predicted molar refractivity (Wildman–Crippen MR) is 49.7 cm³/mol. The third-order valence-electron chi connectivity index (χ3n) is 2.83. The second-order valence-corrected chi connectivity index (χ2v) is 3.88. The van der Waals surface area contributed by atoms with Crippen molar-refractivity contribution in [2.45, 2.75) is 32.7 Å². The SMILES string of the molecule is CC(C#N)C(=O)N(C)C(C)C1CC1. The lowest BCUT2D eigenvalue weighted by Gasteiger charge is -2.25. The van der Waals surface area contributed by atoms with Crippen LogP contribution in [-0.2, 0) is 4.79 Å². The van der Waals surface area contributed by atoms with E-state index >= 15 is 0 Å². The van der Waals surface area contributed by atoms with Crippen LogP contribution in [0.3, 0.4) is 0 Å². The first-order chi connectivity index (χ1) is 6.07. The Kier molecular flexibility index (Phi) is 2.92. The zero-order valence-electron chi connectivity index (χ0n) is 8.45. The zero-order valence-corrected chi connectivity index (χ0v) is 8.45. The van der Waals surface area contributed by atoms with Crippen molar-refractivity contribution in [1.29, 1.82) is 5.26 Å². The molecule has 72 valence electrons. The van der Waals surface area contributed by atoms with Crippen LogP contribution in [0.25, 0.3) is 0 Å². The van der Waals surface area contributed by atoms with E-state index in [1.165, 1.54) is 12.8 Å². The molecule has 0 aromatic rings. The van der Waals surface area contributed by atoms with Gasteiger partial charge in [-0.15, -0.1) is 0 Å². The number of rotatable bonds is 3. The van der Waals surface area contributed by atoms with Gasteiger partial charge in [-0.05, 0) is 32.6 Å². The summed E-state index contributed by atoms with van der Waals surface area (Å²) in [7, 11) is 1.79. The predicted octanol–water partition coefficient (Wildman–Crippen LogP) is 1.40. The summed E-state index contributed by atoms with van der Waals surface area (Å²) in [6, 6.07) is 2.26. The number of hydrogen-bond acceptors (Lipinski definition) is 2. The van der Waals surface area contributed by atoms with E-state index in [1.807, 2.05) is 6.07 Å². The summed E-state index contributed by atoms with van der Waals surface area (Å²) < 4.78 is 0. The van der Waals surface area contributed by atoms with Crippen LogP contribution in [0.4, 0.5) is 0 Å². The Morgan fingerprint density at radius 1 is 1.54 bits per heavy atom. The van der Waals surface area contributed by atoms with Gasteiger partial charge in [0, 0.05) is 13.1 Å². The first-order valence-electron chi connectivity index (χ1n) is 4.74. The van der Waals surface area contributed by atoms with Crippen LogP contribution >= 0.6 is 0 Å². The molecule has 1 aliphatic carbocycles. The number of amides is 1. The largest absolute Gasteiger partial charge is 0.342 e. The molecular formula is C10H16N2O. The fraction of sp³-hybridized carbons (Fsp3) is 0.800. The lowest BCUT2D eigenvalue weighted by atomic mass is 10.1. The van der Waals surface area contributed by atoms with E-state index in [1.54, 1.807) is 18.9 Å². The van der Waals surface area contributed by atoms with E-state index in [4.69, 9.17) is 5.26 Å². The molecule has 0 aromatic carbocycles. The maximum atomic E-state index is 11.6. The van der Waals surface area contributed by atoms with Crippen LogP contribution in [0.5, 0.6) is 0 Å². The molecule has 1 aliphatic rings. The van der Waals surface area contributed by atoms with E-state index < -0.39 is 5.92 Å². The number of carbonyl (C=O) groups excluding carboxylic acids is 1. The number of nitriles is 1. The van der Waals surface area contributed by atoms with Crippen molar-refractivity contribution in [3.63, 3.8) is 0 Å². The summed E-state index contributed by atoms with van der Waals surface area (Å²) in [4.78, 5) is 13.3. The van der Waals surface area contributed by atoms with E-state index in [0.29, 0.717) is 12.0 Å². The van der Waals surface area contributed by atoms with Gasteiger partial charge < -0.3 is 4.90 Å². The highest BCUT2D eigenvalue weighted by atomic mass is 16.2. The van der Waals surface area contributed by atoms with Gasteiger partial charge in [0.25, 0.3) is 0 Å². The monoisotopic (exact) mass is 180 g/mol. The summed E-state index contributed by atoms with van der Waals surface area (Å²) in [5, 5.41) is 8.59. The molecule has 0 radical (unpaired) electrons. The van der Waals surface area contributed by atoms with Crippen molar-refractivity contribution in [1.82, 2.24) is 4.90 Å². The Labute approximate surface area is 79.3 Å². The Hall–Kier alpha value is -1.04. The average molecular weight is 180 g/mol. The van der Waals surface area contributed by atoms with Gasteiger partial charge in [0.05, 0.1) is 6.07 Å². The second-order valence-electron chi connectivity index (χ2n) is 3.88. The minimum atomic E-state index is -0.508. The van der Waals surface area contributed by atoms with E-state index in [0.717, 1.165) is 0 Å². The molecule has 3 heteroatoms. The summed E-state index contributed by atoms with van der Waals surface area (Å²) in [5.74, 6) is 0.105. The lowest BCUT2D eigenvalue weighted by molar-refractivity contribution is -0.134. The molecule has 1 fully saturated rings. The first-order valence-corrected chi connectivity index (χ1v) is 4.74. The average Bonchev–Trinajstić information content (AvgIpc) is 2.96. The number of nitrogens with zero attached hydrogens (tertiary/aromatic N) is 2. The zero-order chi connectivity index (χ0) is 10.0. The van der Waals surface area contributed by atoms with Crippen molar-refractivity contribution in [3.05, 3.63) is 0 Å². The summed E-state index contributed by atoms with van der Waals surface area (Å²) >= 11 is 0. The minimum Gasteiger partial charge on any atom is -0.342 e. The van der Waals surface area contributed by atoms with Crippen LogP contribution in [0.2, 0.25) is 0 Å². The van der Waals surface area contributed by atoms with Gasteiger partial charge in [-0.3, -0.25) is 4.79 Å². The van der Waals surface area contributed by atoms with Crippen LogP contribution in [0.15, 0.2) is 0 Å². The molecule has 1 amide bonds. The van der Waals surface area contributed by atoms with Gasteiger partial charge >= 0.3 is 0 Å². The Morgan fingerprint density at radius 2 is 2.08 bits per heavy atom. The van der Waals surface area contributed by atoms with Crippen LogP contribution in [-0.4, -0.2) is 23.9 Å². The van der Waals surface area contributed by atoms with Gasteiger partial charge in [0.2, 0.25) is 5.91 Å². The Bertz CT molecular complexity index is 240. The quantitative estimate of drug-likeness (QED) is 0.659. The van der Waals surface area contributed by atoms with Crippen molar-refractivity contribution in [2.24, 2.45) is 11.8 Å². The van der Waals surface area contributed by atoms with E-state index in [9.17, 15) is 4.79 Å². The lowest BCUT2D eigenvalue weighted by Crippen LogP contribution is -2.39. The topological polar surface area (TPSA) is 44.1 Å². The maximum Gasteiger partial charge on any atom is 0.239 e. The molecule has 0 aromatic heterocycles. The third-order valence-corrected chi connectivity index (χ3v) is 2.83. The molecule has 1 rings (SSSR count). The fourth-order valence-corrected chi connectivity index (χ4v) is 1.46. The normalized spacial score (nSPS) is 20.2. The van der Waals surface area contributed by atoms with E-state index in [-0.39, 0.29) is 5.91 Å². The highest BCUT2D eigenvalue weighted by Crippen LogP contribution is 2.34. The fourth-order valence-electron chi connectivity index (χ4n) is 1.46. The molecule has 0 spiro atoms. The van der Waals surface area contributed by atoms with Crippen LogP contribution in [0, 0.1) is 23.2 Å². The standard InChI is InChI=1S/C10H16N2O/c1-7(6-11)10(13)12(3)8(2)9-4-5-9/h7-9H,4-5H2,1-3H3. The van der Waals surface area contributed by atoms with Crippen molar-refractivity contribution in [3.8, 4) is 6.07 Å². The van der Waals surface area contributed by atoms with Gasteiger partial charge in [-0.2, -0.15) is 5.26 Å². The van der Waals surface area contributed by atoms with Gasteiger partial charge in [0.1, 0.15) is 5.92 Å². The van der Waals surface area contributed by atoms with Crippen LogP contribution in [0.1, 0.15) is 26.7 Å². The van der Waals surface area contributed by atoms with Gasteiger partial charge in [-0.25, -0.2) is 0 Å². The van der Waals surface area contributed by atoms with Gasteiger partial charge in [-0.1, -0.05) is 0 Å². The molecule has 3 nitrogen and oxygen atoms in total. The summed E-state index contributed by atoms with van der Waals surface area (Å²) in [6.45, 7) is 3.71. The summed E-state index contributed by atoms with van der Waals surface area (Å²) in [6.07, 6.45) is 2.44. The Morgan fingerprint density at radius 3 is 2.46 bits per heavy atom. The van der Waals surface area contributed by atoms with Crippen molar-refractivity contribution >= 4 is 5.91 Å². The molecule has 13 heavy (non-hydrogen) atoms. The van der Waals surface area contributed by atoms with Crippen molar-refractivity contribution in [2.75, 3.05) is 7.05 Å². The minimum absolute atomic E-state index is 0.0538. The van der Waals surface area contributed by atoms with Gasteiger partial charge in [0.15, 0.2) is 0 Å². The molecule has 0 aliphatic heterocycles. The molecule has 2 atom stereocenters. The highest BCUT2D eigenvalue weighted by molar-refractivity contribution is 5.80. The van der Waals surface area contributed by atoms with Crippen LogP contribution < -0.4 is 0 Å². The highest BCUT2D eigenvalue weighted by Gasteiger charge is 2.33. The molecule has 1 saturated carbocycles. The van der Waals surface area contributed by atoms with Crippen molar-refractivity contribution < 1.29 is 4.79 Å². The number of carbonyl (C=O) groups is 1. The molecule has 0 N–H and O–H groups in total. The molecular weight excluding hydrogens is 164 g/mol.